The summed E-state index contributed by atoms with van der Waals surface area (Å²) < 4.78 is 5.30. The molecule has 37 heavy (non-hydrogen) atoms. The number of hydrazone groups is 1. The Morgan fingerprint density at radius 1 is 1.03 bits per heavy atom. The van der Waals surface area contributed by atoms with Crippen LogP contribution in [0.25, 0.3) is 0 Å². The highest BCUT2D eigenvalue weighted by molar-refractivity contribution is 6.06. The molecule has 0 radical (unpaired) electrons. The highest BCUT2D eigenvalue weighted by Crippen LogP contribution is 2.19. The molecule has 1 aliphatic heterocycles. The molecule has 0 spiro atoms. The maximum atomic E-state index is 13.2. The molecule has 0 bridgehead atoms. The highest BCUT2D eigenvalue weighted by Gasteiger charge is 2.24. The molecule has 4 rings (SSSR count). The summed E-state index contributed by atoms with van der Waals surface area (Å²) in [5.74, 6) is -0.450. The number of ether oxygens (including phenoxy) is 1. The second-order valence-corrected chi connectivity index (χ2v) is 8.83. The van der Waals surface area contributed by atoms with Crippen molar-refractivity contribution in [1.29, 1.82) is 0 Å². The molecule has 4 N–H and O–H groups in total. The van der Waals surface area contributed by atoms with Crippen molar-refractivity contribution in [3.8, 4) is 5.75 Å². The van der Waals surface area contributed by atoms with Crippen LogP contribution in [0, 0.1) is 5.92 Å². The van der Waals surface area contributed by atoms with Gasteiger partial charge in [0.1, 0.15) is 18.4 Å². The van der Waals surface area contributed by atoms with Crippen LogP contribution < -0.4 is 16.1 Å². The molecule has 1 heterocycles. The third-order valence-electron chi connectivity index (χ3n) is 5.91. The lowest BCUT2D eigenvalue weighted by atomic mass is 9.94. The Kier molecular flexibility index (Phi) is 8.15. The van der Waals surface area contributed by atoms with E-state index in [1.165, 1.54) is 12.1 Å². The SMILES string of the molecule is CC1CC(=O)NN=C1c1ccc(NC(=O)[C@H](Cc2ccc(O)cc2)NC(=O)OCc2ccccc2)cc1. The van der Waals surface area contributed by atoms with E-state index in [4.69, 9.17) is 4.74 Å². The monoisotopic (exact) mass is 500 g/mol. The Hall–Kier alpha value is -4.66. The van der Waals surface area contributed by atoms with E-state index in [1.54, 1.807) is 24.3 Å². The molecule has 0 saturated carbocycles. The van der Waals surface area contributed by atoms with Crippen LogP contribution in [0.4, 0.5) is 10.5 Å². The highest BCUT2D eigenvalue weighted by atomic mass is 16.5. The fraction of sp³-hybridized carbons (Fsp3) is 0.214. The molecule has 3 amide bonds. The molecule has 1 unspecified atom stereocenters. The first-order valence-corrected chi connectivity index (χ1v) is 11.9. The number of rotatable bonds is 8. The second-order valence-electron chi connectivity index (χ2n) is 8.83. The zero-order valence-corrected chi connectivity index (χ0v) is 20.3. The van der Waals surface area contributed by atoms with Crippen molar-refractivity contribution >= 4 is 29.3 Å². The number of aromatic hydroxyl groups is 1. The van der Waals surface area contributed by atoms with E-state index in [-0.39, 0.29) is 30.6 Å². The molecular weight excluding hydrogens is 472 g/mol. The standard InChI is InChI=1S/C28H28N4O5/c1-18-15-25(34)31-32-26(18)21-9-11-22(12-10-21)29-27(35)24(16-19-7-13-23(33)14-8-19)30-28(36)37-17-20-5-3-2-4-6-20/h2-14,18,24,33H,15-17H2,1H3,(H,29,35)(H,30,36)(H,31,34)/t18?,24-/m0/s1. The minimum absolute atomic E-state index is 0.0185. The van der Waals surface area contributed by atoms with Gasteiger partial charge >= 0.3 is 6.09 Å². The molecule has 9 nitrogen and oxygen atoms in total. The van der Waals surface area contributed by atoms with Crippen LogP contribution in [0.3, 0.4) is 0 Å². The largest absolute Gasteiger partial charge is 0.508 e. The number of amides is 3. The quantitative estimate of drug-likeness (QED) is 0.375. The predicted molar refractivity (Wildman–Crippen MR) is 139 cm³/mol. The van der Waals surface area contributed by atoms with Crippen LogP contribution in [-0.4, -0.2) is 34.8 Å². The first-order valence-electron chi connectivity index (χ1n) is 11.9. The lowest BCUT2D eigenvalue weighted by Gasteiger charge is -2.20. The summed E-state index contributed by atoms with van der Waals surface area (Å²) in [4.78, 5) is 37.2. The normalized spacial score (nSPS) is 15.6. The third-order valence-corrected chi connectivity index (χ3v) is 5.91. The number of nitrogens with zero attached hydrogens (tertiary/aromatic N) is 1. The molecule has 0 saturated heterocycles. The first kappa shape index (κ1) is 25.4. The fourth-order valence-corrected chi connectivity index (χ4v) is 3.94. The zero-order valence-electron chi connectivity index (χ0n) is 20.3. The smallest absolute Gasteiger partial charge is 0.408 e. The van der Waals surface area contributed by atoms with E-state index >= 15 is 0 Å². The fourth-order valence-electron chi connectivity index (χ4n) is 3.94. The average molecular weight is 501 g/mol. The maximum Gasteiger partial charge on any atom is 0.408 e. The molecule has 2 atom stereocenters. The number of anilines is 1. The van der Waals surface area contributed by atoms with Crippen LogP contribution in [0.1, 0.15) is 30.0 Å². The van der Waals surface area contributed by atoms with Gasteiger partial charge in [0.2, 0.25) is 11.8 Å². The van der Waals surface area contributed by atoms with Gasteiger partial charge in [0.05, 0.1) is 5.71 Å². The summed E-state index contributed by atoms with van der Waals surface area (Å²) in [7, 11) is 0. The second kappa shape index (κ2) is 11.9. The number of carbonyl (C=O) groups is 3. The number of carbonyl (C=O) groups excluding carboxylic acids is 3. The summed E-state index contributed by atoms with van der Waals surface area (Å²) in [5.41, 5.74) is 6.23. The summed E-state index contributed by atoms with van der Waals surface area (Å²) in [5, 5.41) is 19.2. The van der Waals surface area contributed by atoms with Crippen molar-refractivity contribution in [2.75, 3.05) is 5.32 Å². The van der Waals surface area contributed by atoms with Gasteiger partial charge in [-0.1, -0.05) is 61.5 Å². The van der Waals surface area contributed by atoms with Gasteiger partial charge in [0.15, 0.2) is 0 Å². The molecule has 0 fully saturated rings. The minimum atomic E-state index is -0.926. The van der Waals surface area contributed by atoms with Gasteiger partial charge < -0.3 is 20.5 Å². The summed E-state index contributed by atoms with van der Waals surface area (Å²) in [6.07, 6.45) is -0.162. The van der Waals surface area contributed by atoms with Crippen LogP contribution in [0.5, 0.6) is 5.75 Å². The number of nitrogens with one attached hydrogen (secondary N) is 3. The van der Waals surface area contributed by atoms with Crippen molar-refractivity contribution < 1.29 is 24.2 Å². The molecule has 1 aliphatic rings. The lowest BCUT2D eigenvalue weighted by molar-refractivity contribution is -0.122. The van der Waals surface area contributed by atoms with Crippen molar-refractivity contribution in [2.24, 2.45) is 11.0 Å². The Labute approximate surface area is 214 Å². The number of hydrogen-bond donors (Lipinski definition) is 4. The Morgan fingerprint density at radius 3 is 2.41 bits per heavy atom. The van der Waals surface area contributed by atoms with Gasteiger partial charge in [-0.05, 0) is 41.0 Å². The molecular formula is C28H28N4O5. The molecule has 3 aromatic rings. The van der Waals surface area contributed by atoms with E-state index in [0.717, 1.165) is 22.4 Å². The van der Waals surface area contributed by atoms with Gasteiger partial charge in [0.25, 0.3) is 0 Å². The molecule has 0 aliphatic carbocycles. The number of benzene rings is 3. The number of phenols is 1. The van der Waals surface area contributed by atoms with Crippen molar-refractivity contribution in [3.05, 3.63) is 95.6 Å². The molecule has 9 heteroatoms. The molecule has 190 valence electrons. The first-order chi connectivity index (χ1) is 17.9. The van der Waals surface area contributed by atoms with E-state index in [2.05, 4.69) is 21.2 Å². The van der Waals surface area contributed by atoms with E-state index in [1.807, 2.05) is 49.4 Å². The van der Waals surface area contributed by atoms with Gasteiger partial charge in [-0.25, -0.2) is 10.2 Å². The Bertz CT molecular complexity index is 1270. The Balaban J connectivity index is 1.43. The predicted octanol–water partition coefficient (Wildman–Crippen LogP) is 3.73. The lowest BCUT2D eigenvalue weighted by Crippen LogP contribution is -2.45. The van der Waals surface area contributed by atoms with Crippen molar-refractivity contribution in [2.45, 2.75) is 32.4 Å². The van der Waals surface area contributed by atoms with Gasteiger partial charge in [0, 0.05) is 24.4 Å². The van der Waals surface area contributed by atoms with Gasteiger partial charge in [-0.3, -0.25) is 9.59 Å². The topological polar surface area (TPSA) is 129 Å². The number of hydrogen-bond acceptors (Lipinski definition) is 6. The summed E-state index contributed by atoms with van der Waals surface area (Å²) in [6, 6.07) is 21.9. The zero-order chi connectivity index (χ0) is 26.2. The van der Waals surface area contributed by atoms with Gasteiger partial charge in [-0.15, -0.1) is 0 Å². The average Bonchev–Trinajstić information content (AvgIpc) is 2.89. The van der Waals surface area contributed by atoms with Crippen LogP contribution in [0.2, 0.25) is 0 Å². The van der Waals surface area contributed by atoms with Crippen molar-refractivity contribution in [3.63, 3.8) is 0 Å². The number of alkyl carbamates (subject to hydrolysis) is 1. The van der Waals surface area contributed by atoms with Crippen LogP contribution in [-0.2, 0) is 27.4 Å². The van der Waals surface area contributed by atoms with E-state index < -0.39 is 18.0 Å². The molecule has 0 aromatic heterocycles. The van der Waals surface area contributed by atoms with Gasteiger partial charge in [-0.2, -0.15) is 5.10 Å². The van der Waals surface area contributed by atoms with Crippen LogP contribution in [0.15, 0.2) is 84.0 Å². The third kappa shape index (κ3) is 7.17. The minimum Gasteiger partial charge on any atom is -0.508 e. The summed E-state index contributed by atoms with van der Waals surface area (Å²) in [6.45, 7) is 2.01. The summed E-state index contributed by atoms with van der Waals surface area (Å²) >= 11 is 0. The number of phenolic OH excluding ortho intramolecular Hbond substituents is 1. The van der Waals surface area contributed by atoms with Crippen molar-refractivity contribution in [1.82, 2.24) is 10.7 Å². The Morgan fingerprint density at radius 2 is 1.73 bits per heavy atom. The maximum absolute atomic E-state index is 13.2. The van der Waals surface area contributed by atoms with E-state index in [0.29, 0.717) is 12.1 Å². The molecule has 3 aromatic carbocycles. The van der Waals surface area contributed by atoms with Crippen LogP contribution >= 0.6 is 0 Å². The van der Waals surface area contributed by atoms with E-state index in [9.17, 15) is 19.5 Å².